The minimum atomic E-state index is -0.910. The van der Waals surface area contributed by atoms with Crippen molar-refractivity contribution in [3.63, 3.8) is 0 Å². The van der Waals surface area contributed by atoms with Crippen molar-refractivity contribution in [1.82, 2.24) is 10.6 Å². The maximum absolute atomic E-state index is 11.4. The first-order valence-corrected chi connectivity index (χ1v) is 6.00. The van der Waals surface area contributed by atoms with E-state index in [1.165, 1.54) is 0 Å². The summed E-state index contributed by atoms with van der Waals surface area (Å²) in [7, 11) is 0. The van der Waals surface area contributed by atoms with E-state index in [0.717, 1.165) is 0 Å². The summed E-state index contributed by atoms with van der Waals surface area (Å²) in [5.41, 5.74) is -0.275. The van der Waals surface area contributed by atoms with E-state index in [4.69, 9.17) is 5.11 Å². The number of amides is 2. The lowest BCUT2D eigenvalue weighted by Gasteiger charge is -2.20. The number of aliphatic carboxylic acids is 1. The summed E-state index contributed by atoms with van der Waals surface area (Å²) in [5, 5.41) is 13.8. The Labute approximate surface area is 107 Å². The maximum Gasteiger partial charge on any atom is 0.303 e. The van der Waals surface area contributed by atoms with Gasteiger partial charge in [-0.1, -0.05) is 0 Å². The van der Waals surface area contributed by atoms with Gasteiger partial charge in [0.25, 0.3) is 0 Å². The molecule has 0 spiro atoms. The molecule has 0 heterocycles. The van der Waals surface area contributed by atoms with Crippen molar-refractivity contribution >= 4 is 17.8 Å². The minimum Gasteiger partial charge on any atom is -0.481 e. The lowest BCUT2D eigenvalue weighted by molar-refractivity contribution is -0.137. The first-order chi connectivity index (χ1) is 8.20. The molecule has 2 amide bonds. The monoisotopic (exact) mass is 258 g/mol. The van der Waals surface area contributed by atoms with Crippen LogP contribution in [0.25, 0.3) is 0 Å². The number of carbonyl (C=O) groups is 3. The van der Waals surface area contributed by atoms with Gasteiger partial charge in [0.2, 0.25) is 11.8 Å². The van der Waals surface area contributed by atoms with Crippen LogP contribution in [0, 0.1) is 0 Å². The summed E-state index contributed by atoms with van der Waals surface area (Å²) < 4.78 is 0. The zero-order chi connectivity index (χ0) is 14.2. The van der Waals surface area contributed by atoms with Crippen molar-refractivity contribution in [2.75, 3.05) is 6.54 Å². The number of carboxylic acids is 1. The number of carboxylic acid groups (broad SMARTS) is 1. The molecule has 3 N–H and O–H groups in total. The molecule has 0 aliphatic carbocycles. The summed E-state index contributed by atoms with van der Waals surface area (Å²) in [6.45, 7) is 5.92. The maximum atomic E-state index is 11.4. The van der Waals surface area contributed by atoms with E-state index in [0.29, 0.717) is 6.42 Å². The van der Waals surface area contributed by atoms with Crippen LogP contribution in [-0.2, 0) is 14.4 Å². The molecule has 0 aliphatic rings. The van der Waals surface area contributed by atoms with E-state index in [-0.39, 0.29) is 43.2 Å². The van der Waals surface area contributed by atoms with E-state index in [1.807, 2.05) is 20.8 Å². The number of nitrogens with one attached hydrogen (secondary N) is 2. The molecule has 0 aromatic heterocycles. The lowest BCUT2D eigenvalue weighted by Crippen LogP contribution is -2.41. The number of rotatable bonds is 7. The fraction of sp³-hybridized carbons (Fsp3) is 0.750. The van der Waals surface area contributed by atoms with Gasteiger partial charge in [-0.15, -0.1) is 0 Å². The molecule has 0 saturated heterocycles. The van der Waals surface area contributed by atoms with Gasteiger partial charge in [0, 0.05) is 31.3 Å². The highest BCUT2D eigenvalue weighted by molar-refractivity contribution is 5.79. The zero-order valence-electron chi connectivity index (χ0n) is 11.2. The molecule has 18 heavy (non-hydrogen) atoms. The second-order valence-corrected chi connectivity index (χ2v) is 5.15. The third kappa shape index (κ3) is 10.9. The van der Waals surface area contributed by atoms with Crippen molar-refractivity contribution in [2.45, 2.75) is 52.0 Å². The van der Waals surface area contributed by atoms with E-state index in [1.54, 1.807) is 0 Å². The smallest absolute Gasteiger partial charge is 0.303 e. The van der Waals surface area contributed by atoms with Crippen LogP contribution in [0.3, 0.4) is 0 Å². The van der Waals surface area contributed by atoms with Crippen molar-refractivity contribution in [1.29, 1.82) is 0 Å². The number of hydrogen-bond acceptors (Lipinski definition) is 3. The Morgan fingerprint density at radius 3 is 2.11 bits per heavy atom. The molecule has 104 valence electrons. The Morgan fingerprint density at radius 1 is 1.00 bits per heavy atom. The first kappa shape index (κ1) is 16.4. The molecule has 0 unspecified atom stereocenters. The predicted octanol–water partition coefficient (Wildman–Crippen LogP) is 0.662. The van der Waals surface area contributed by atoms with Crippen molar-refractivity contribution < 1.29 is 19.5 Å². The minimum absolute atomic E-state index is 0.0159. The molecule has 0 rings (SSSR count). The zero-order valence-corrected chi connectivity index (χ0v) is 11.2. The molecule has 0 saturated carbocycles. The van der Waals surface area contributed by atoms with Gasteiger partial charge in [-0.3, -0.25) is 14.4 Å². The highest BCUT2D eigenvalue weighted by Crippen LogP contribution is 1.99. The van der Waals surface area contributed by atoms with Crippen LogP contribution >= 0.6 is 0 Å². The van der Waals surface area contributed by atoms with E-state index in [9.17, 15) is 14.4 Å². The summed E-state index contributed by atoms with van der Waals surface area (Å²) in [4.78, 5) is 32.9. The normalized spacial score (nSPS) is 10.8. The summed E-state index contributed by atoms with van der Waals surface area (Å²) in [6, 6.07) is 0. The van der Waals surface area contributed by atoms with Gasteiger partial charge in [0.1, 0.15) is 0 Å². The van der Waals surface area contributed by atoms with Crippen LogP contribution < -0.4 is 10.6 Å². The number of hydrogen-bond donors (Lipinski definition) is 3. The molecule has 0 aliphatic heterocycles. The second kappa shape index (κ2) is 7.68. The van der Waals surface area contributed by atoms with Gasteiger partial charge in [0.05, 0.1) is 0 Å². The number of carbonyl (C=O) groups excluding carboxylic acids is 2. The van der Waals surface area contributed by atoms with E-state index >= 15 is 0 Å². The summed E-state index contributed by atoms with van der Waals surface area (Å²) >= 11 is 0. The topological polar surface area (TPSA) is 95.5 Å². The molecular formula is C12H22N2O4. The largest absolute Gasteiger partial charge is 0.481 e. The molecule has 0 bridgehead atoms. The quantitative estimate of drug-likeness (QED) is 0.625. The fourth-order valence-electron chi connectivity index (χ4n) is 1.28. The first-order valence-electron chi connectivity index (χ1n) is 6.00. The standard InChI is InChI=1S/C12H22N2O4/c1-12(2,3)14-10(16)7-8-13-9(15)5-4-6-11(17)18/h4-8H2,1-3H3,(H,13,15)(H,14,16)(H,17,18). The fourth-order valence-corrected chi connectivity index (χ4v) is 1.28. The van der Waals surface area contributed by atoms with E-state index < -0.39 is 5.97 Å². The van der Waals surface area contributed by atoms with Gasteiger partial charge in [-0.2, -0.15) is 0 Å². The Kier molecular flexibility index (Phi) is 7.00. The third-order valence-corrected chi connectivity index (χ3v) is 1.98. The van der Waals surface area contributed by atoms with Gasteiger partial charge in [-0.25, -0.2) is 0 Å². The molecule has 0 radical (unpaired) electrons. The average molecular weight is 258 g/mol. The van der Waals surface area contributed by atoms with Crippen LogP contribution in [0.15, 0.2) is 0 Å². The highest BCUT2D eigenvalue weighted by atomic mass is 16.4. The van der Waals surface area contributed by atoms with Crippen LogP contribution in [0.4, 0.5) is 0 Å². The molecule has 0 aromatic rings. The third-order valence-electron chi connectivity index (χ3n) is 1.98. The predicted molar refractivity (Wildman–Crippen MR) is 67.0 cm³/mol. The van der Waals surface area contributed by atoms with Crippen LogP contribution in [0.2, 0.25) is 0 Å². The van der Waals surface area contributed by atoms with E-state index in [2.05, 4.69) is 10.6 Å². The Morgan fingerprint density at radius 2 is 1.61 bits per heavy atom. The molecule has 0 aromatic carbocycles. The van der Waals surface area contributed by atoms with Crippen molar-refractivity contribution in [3.8, 4) is 0 Å². The molecule has 6 nitrogen and oxygen atoms in total. The SMILES string of the molecule is CC(C)(C)NC(=O)CCNC(=O)CCCC(=O)O. The average Bonchev–Trinajstić information content (AvgIpc) is 2.13. The lowest BCUT2D eigenvalue weighted by atomic mass is 10.1. The van der Waals surface area contributed by atoms with Gasteiger partial charge >= 0.3 is 5.97 Å². The van der Waals surface area contributed by atoms with Crippen molar-refractivity contribution in [2.24, 2.45) is 0 Å². The van der Waals surface area contributed by atoms with Crippen LogP contribution in [0.1, 0.15) is 46.5 Å². The Balaban J connectivity index is 3.62. The van der Waals surface area contributed by atoms with Crippen molar-refractivity contribution in [3.05, 3.63) is 0 Å². The van der Waals surface area contributed by atoms with Crippen LogP contribution in [0.5, 0.6) is 0 Å². The summed E-state index contributed by atoms with van der Waals surface area (Å²) in [6.07, 6.45) is 0.697. The summed E-state index contributed by atoms with van der Waals surface area (Å²) in [5.74, 6) is -1.25. The van der Waals surface area contributed by atoms with Gasteiger partial charge in [0.15, 0.2) is 0 Å². The molecule has 6 heteroatoms. The van der Waals surface area contributed by atoms with Gasteiger partial charge < -0.3 is 15.7 Å². The van der Waals surface area contributed by atoms with Crippen LogP contribution in [-0.4, -0.2) is 35.0 Å². The molecular weight excluding hydrogens is 236 g/mol. The molecule has 0 atom stereocenters. The molecule has 0 fully saturated rings. The highest BCUT2D eigenvalue weighted by Gasteiger charge is 2.13. The Hall–Kier alpha value is -1.59. The second-order valence-electron chi connectivity index (χ2n) is 5.15. The Bertz CT molecular complexity index is 308. The van der Waals surface area contributed by atoms with Gasteiger partial charge in [-0.05, 0) is 27.2 Å².